The van der Waals surface area contributed by atoms with Crippen LogP contribution < -0.4 is 10.5 Å². The van der Waals surface area contributed by atoms with Crippen molar-refractivity contribution in [1.29, 1.82) is 0 Å². The van der Waals surface area contributed by atoms with Crippen LogP contribution in [0.2, 0.25) is 0 Å². The summed E-state index contributed by atoms with van der Waals surface area (Å²) in [6, 6.07) is 14.9. The van der Waals surface area contributed by atoms with Gasteiger partial charge in [-0.2, -0.15) is 0 Å². The highest BCUT2D eigenvalue weighted by molar-refractivity contribution is 6.00. The molecule has 0 bridgehead atoms. The van der Waals surface area contributed by atoms with Gasteiger partial charge in [0.2, 0.25) is 0 Å². The lowest BCUT2D eigenvalue weighted by Gasteiger charge is -2.31. The molecule has 4 aromatic rings. The van der Waals surface area contributed by atoms with Crippen molar-refractivity contribution in [3.63, 3.8) is 0 Å². The second-order valence-electron chi connectivity index (χ2n) is 11.1. The molecule has 1 saturated heterocycles. The number of rotatable bonds is 4. The van der Waals surface area contributed by atoms with Gasteiger partial charge in [-0.3, -0.25) is 4.79 Å². The molecular weight excluding hydrogens is 462 g/mol. The van der Waals surface area contributed by atoms with Crippen LogP contribution in [0.15, 0.2) is 42.5 Å². The molecule has 0 radical (unpaired) electrons. The SMILES string of the molecule is NC1CCCN(C(=O)c2cc3c4c(c2)nc(-c2cc5ccccc5n2CC2CCCCC2)n4CCO3)C1. The first-order chi connectivity index (χ1) is 18.2. The van der Waals surface area contributed by atoms with E-state index in [0.29, 0.717) is 24.6 Å². The normalized spacial score (nSPS) is 20.5. The molecular formula is C30H35N5O2. The number of ether oxygens (including phenoxy) is 1. The average molecular weight is 498 g/mol. The molecule has 7 rings (SSSR count). The summed E-state index contributed by atoms with van der Waals surface area (Å²) < 4.78 is 10.9. The standard InChI is InChI=1S/C30H35N5O2/c31-23-10-6-12-33(19-23)30(36)22-15-24-28-27(17-22)37-14-13-34(28)29(32-24)26-16-21-9-4-5-11-25(21)35(26)18-20-7-2-1-3-8-20/h4-5,9,11,15-17,20,23H,1-3,6-8,10,12-14,18-19,31H2. The van der Waals surface area contributed by atoms with Crippen LogP contribution in [-0.2, 0) is 13.1 Å². The topological polar surface area (TPSA) is 78.3 Å². The molecule has 0 spiro atoms. The molecule has 2 aliphatic heterocycles. The monoisotopic (exact) mass is 497 g/mol. The zero-order valence-corrected chi connectivity index (χ0v) is 21.4. The Labute approximate surface area is 217 Å². The van der Waals surface area contributed by atoms with Gasteiger partial charge in [0.05, 0.1) is 17.8 Å². The number of nitrogens with two attached hydrogens (primary N) is 1. The summed E-state index contributed by atoms with van der Waals surface area (Å²) in [6.07, 6.45) is 8.54. The number of benzene rings is 2. The second kappa shape index (κ2) is 9.21. The van der Waals surface area contributed by atoms with Crippen LogP contribution in [-0.4, -0.2) is 50.7 Å². The molecule has 1 unspecified atom stereocenters. The molecule has 2 fully saturated rings. The quantitative estimate of drug-likeness (QED) is 0.421. The van der Waals surface area contributed by atoms with Gasteiger partial charge in [-0.05, 0) is 55.9 Å². The minimum atomic E-state index is 0.0185. The Hall–Kier alpha value is -3.32. The largest absolute Gasteiger partial charge is 0.489 e. The van der Waals surface area contributed by atoms with Crippen molar-refractivity contribution in [2.45, 2.75) is 64.1 Å². The Balaban J connectivity index is 1.34. The minimum absolute atomic E-state index is 0.0185. The van der Waals surface area contributed by atoms with Gasteiger partial charge in [0.25, 0.3) is 5.91 Å². The Morgan fingerprint density at radius 2 is 1.89 bits per heavy atom. The average Bonchev–Trinajstić information content (AvgIpc) is 3.48. The third-order valence-corrected chi connectivity index (χ3v) is 8.58. The van der Waals surface area contributed by atoms with Gasteiger partial charge < -0.3 is 24.5 Å². The number of carbonyl (C=O) groups excluding carboxylic acids is 1. The van der Waals surface area contributed by atoms with Crippen LogP contribution in [0.25, 0.3) is 33.5 Å². The van der Waals surface area contributed by atoms with Crippen LogP contribution in [0.5, 0.6) is 5.75 Å². The molecule has 7 nitrogen and oxygen atoms in total. The number of para-hydroxylation sites is 1. The van der Waals surface area contributed by atoms with Gasteiger partial charge in [0.1, 0.15) is 17.9 Å². The fraction of sp³-hybridized carbons (Fsp3) is 0.467. The first-order valence-corrected chi connectivity index (χ1v) is 14.0. The van der Waals surface area contributed by atoms with E-state index in [1.807, 2.05) is 17.0 Å². The number of aromatic nitrogens is 3. The van der Waals surface area contributed by atoms with E-state index in [-0.39, 0.29) is 11.9 Å². The summed E-state index contributed by atoms with van der Waals surface area (Å²) in [5, 5.41) is 1.25. The molecule has 192 valence electrons. The lowest BCUT2D eigenvalue weighted by atomic mass is 9.89. The lowest BCUT2D eigenvalue weighted by molar-refractivity contribution is 0.0708. The minimum Gasteiger partial charge on any atom is -0.489 e. The number of amides is 1. The van der Waals surface area contributed by atoms with Gasteiger partial charge in [0.15, 0.2) is 5.82 Å². The summed E-state index contributed by atoms with van der Waals surface area (Å²) >= 11 is 0. The highest BCUT2D eigenvalue weighted by atomic mass is 16.5. The van der Waals surface area contributed by atoms with Crippen LogP contribution in [0.1, 0.15) is 55.3 Å². The van der Waals surface area contributed by atoms with Gasteiger partial charge in [-0.15, -0.1) is 0 Å². The molecule has 2 aromatic carbocycles. The third kappa shape index (κ3) is 4.00. The second-order valence-corrected chi connectivity index (χ2v) is 11.1. The number of hydrogen-bond acceptors (Lipinski definition) is 4. The maximum atomic E-state index is 13.4. The van der Waals surface area contributed by atoms with E-state index in [9.17, 15) is 4.79 Å². The fourth-order valence-corrected chi connectivity index (χ4v) is 6.72. The molecule has 37 heavy (non-hydrogen) atoms. The van der Waals surface area contributed by atoms with E-state index < -0.39 is 0 Å². The van der Waals surface area contributed by atoms with Crippen molar-refractivity contribution in [3.05, 3.63) is 48.0 Å². The number of nitrogens with zero attached hydrogens (tertiary/aromatic N) is 4. The summed E-state index contributed by atoms with van der Waals surface area (Å²) in [6.45, 7) is 3.70. The van der Waals surface area contributed by atoms with Crippen molar-refractivity contribution < 1.29 is 9.53 Å². The maximum Gasteiger partial charge on any atom is 0.254 e. The lowest BCUT2D eigenvalue weighted by Crippen LogP contribution is -2.45. The number of hydrogen-bond donors (Lipinski definition) is 1. The first kappa shape index (κ1) is 22.8. The number of imidazole rings is 1. The van der Waals surface area contributed by atoms with E-state index >= 15 is 0 Å². The molecule has 1 amide bonds. The van der Waals surface area contributed by atoms with Crippen LogP contribution in [0, 0.1) is 5.92 Å². The summed E-state index contributed by atoms with van der Waals surface area (Å²) in [5.41, 5.74) is 11.0. The highest BCUT2D eigenvalue weighted by Crippen LogP contribution is 2.38. The molecule has 3 aliphatic rings. The van der Waals surface area contributed by atoms with Crippen molar-refractivity contribution in [3.8, 4) is 17.3 Å². The van der Waals surface area contributed by atoms with Gasteiger partial charge in [-0.25, -0.2) is 4.98 Å². The van der Waals surface area contributed by atoms with Gasteiger partial charge in [0, 0.05) is 42.1 Å². The van der Waals surface area contributed by atoms with E-state index in [4.69, 9.17) is 15.5 Å². The number of piperidine rings is 1. The Morgan fingerprint density at radius 3 is 2.76 bits per heavy atom. The first-order valence-electron chi connectivity index (χ1n) is 14.0. The molecule has 4 heterocycles. The van der Waals surface area contributed by atoms with Crippen LogP contribution in [0.4, 0.5) is 0 Å². The number of fused-ring (bicyclic) bond motifs is 1. The Bertz CT molecular complexity index is 1480. The van der Waals surface area contributed by atoms with Crippen molar-refractivity contribution >= 4 is 27.8 Å². The predicted molar refractivity (Wildman–Crippen MR) is 146 cm³/mol. The Kier molecular flexibility index (Phi) is 5.69. The summed E-state index contributed by atoms with van der Waals surface area (Å²) in [4.78, 5) is 20.5. The summed E-state index contributed by atoms with van der Waals surface area (Å²) in [5.74, 6) is 2.44. The molecule has 2 aromatic heterocycles. The van der Waals surface area contributed by atoms with Gasteiger partial charge in [-0.1, -0.05) is 37.5 Å². The molecule has 1 saturated carbocycles. The fourth-order valence-electron chi connectivity index (χ4n) is 6.72. The molecule has 7 heteroatoms. The van der Waals surface area contributed by atoms with Gasteiger partial charge >= 0.3 is 0 Å². The number of carbonyl (C=O) groups is 1. The van der Waals surface area contributed by atoms with E-state index in [0.717, 1.165) is 60.8 Å². The van der Waals surface area contributed by atoms with Crippen LogP contribution >= 0.6 is 0 Å². The number of likely N-dealkylation sites (tertiary alicyclic amines) is 1. The Morgan fingerprint density at radius 1 is 1.03 bits per heavy atom. The smallest absolute Gasteiger partial charge is 0.254 e. The van der Waals surface area contributed by atoms with Crippen molar-refractivity contribution in [2.24, 2.45) is 11.7 Å². The predicted octanol–water partition coefficient (Wildman–Crippen LogP) is 5.19. The van der Waals surface area contributed by atoms with Crippen molar-refractivity contribution in [2.75, 3.05) is 19.7 Å². The van der Waals surface area contributed by atoms with E-state index in [2.05, 4.69) is 39.5 Å². The van der Waals surface area contributed by atoms with E-state index in [1.54, 1.807) is 0 Å². The highest BCUT2D eigenvalue weighted by Gasteiger charge is 2.28. The molecule has 2 N–H and O–H groups in total. The molecule has 1 aliphatic carbocycles. The van der Waals surface area contributed by atoms with E-state index in [1.165, 1.54) is 43.0 Å². The zero-order chi connectivity index (χ0) is 24.9. The third-order valence-electron chi connectivity index (χ3n) is 8.58. The maximum absolute atomic E-state index is 13.4. The molecule has 1 atom stereocenters. The summed E-state index contributed by atoms with van der Waals surface area (Å²) in [7, 11) is 0. The van der Waals surface area contributed by atoms with Crippen molar-refractivity contribution in [1.82, 2.24) is 19.0 Å². The van der Waals surface area contributed by atoms with Crippen LogP contribution in [0.3, 0.4) is 0 Å². The zero-order valence-electron chi connectivity index (χ0n) is 21.4.